The zero-order valence-corrected chi connectivity index (χ0v) is 7.40. The van der Waals surface area contributed by atoms with Crippen LogP contribution in [0.2, 0.25) is 0 Å². The van der Waals surface area contributed by atoms with E-state index >= 15 is 0 Å². The fourth-order valence-electron chi connectivity index (χ4n) is 1.32. The molecule has 0 radical (unpaired) electrons. The SMILES string of the molecule is CN1CC=Nc2ccccc2C1=O. The number of fused-ring (bicyclic) bond motifs is 1. The average molecular weight is 174 g/mol. The summed E-state index contributed by atoms with van der Waals surface area (Å²) >= 11 is 0. The van der Waals surface area contributed by atoms with Crippen LogP contribution in [0.1, 0.15) is 10.4 Å². The van der Waals surface area contributed by atoms with Crippen LogP contribution in [-0.2, 0) is 0 Å². The lowest BCUT2D eigenvalue weighted by atomic mass is 10.1. The second kappa shape index (κ2) is 3.01. The summed E-state index contributed by atoms with van der Waals surface area (Å²) in [5.41, 5.74) is 1.44. The zero-order valence-electron chi connectivity index (χ0n) is 7.40. The number of hydrogen-bond acceptors (Lipinski definition) is 2. The summed E-state index contributed by atoms with van der Waals surface area (Å²) in [5.74, 6) is 0.0353. The van der Waals surface area contributed by atoms with Crippen molar-refractivity contribution in [3.8, 4) is 0 Å². The molecule has 0 saturated carbocycles. The van der Waals surface area contributed by atoms with Crippen LogP contribution in [-0.4, -0.2) is 30.6 Å². The fraction of sp³-hybridized carbons (Fsp3) is 0.200. The summed E-state index contributed by atoms with van der Waals surface area (Å²) < 4.78 is 0. The lowest BCUT2D eigenvalue weighted by Crippen LogP contribution is -2.27. The molecule has 0 N–H and O–H groups in total. The molecule has 0 spiro atoms. The van der Waals surface area contributed by atoms with Gasteiger partial charge in [-0.1, -0.05) is 12.1 Å². The van der Waals surface area contributed by atoms with Crippen molar-refractivity contribution in [2.45, 2.75) is 0 Å². The summed E-state index contributed by atoms with van der Waals surface area (Å²) in [7, 11) is 1.77. The lowest BCUT2D eigenvalue weighted by Gasteiger charge is -2.12. The number of aliphatic imine (C=N–C) groups is 1. The van der Waals surface area contributed by atoms with Gasteiger partial charge in [0, 0.05) is 13.3 Å². The van der Waals surface area contributed by atoms with Gasteiger partial charge in [-0.2, -0.15) is 0 Å². The third-order valence-electron chi connectivity index (χ3n) is 2.07. The molecule has 0 bridgehead atoms. The van der Waals surface area contributed by atoms with Gasteiger partial charge < -0.3 is 4.90 Å². The summed E-state index contributed by atoms with van der Waals surface area (Å²) in [6, 6.07) is 7.39. The molecule has 0 unspecified atom stereocenters. The number of carbonyl (C=O) groups is 1. The van der Waals surface area contributed by atoms with Gasteiger partial charge in [0.05, 0.1) is 17.8 Å². The quantitative estimate of drug-likeness (QED) is 0.586. The molecule has 3 nitrogen and oxygen atoms in total. The van der Waals surface area contributed by atoms with Crippen LogP contribution >= 0.6 is 0 Å². The normalized spacial score (nSPS) is 15.5. The van der Waals surface area contributed by atoms with Gasteiger partial charge in [-0.3, -0.25) is 9.79 Å². The molecule has 3 heteroatoms. The molecule has 0 fully saturated rings. The molecule has 0 aliphatic carbocycles. The molecule has 0 aromatic heterocycles. The predicted octanol–water partition coefficient (Wildman–Crippen LogP) is 1.47. The number of carbonyl (C=O) groups excluding carboxylic acids is 1. The van der Waals surface area contributed by atoms with Crippen molar-refractivity contribution in [3.63, 3.8) is 0 Å². The van der Waals surface area contributed by atoms with E-state index in [1.165, 1.54) is 0 Å². The van der Waals surface area contributed by atoms with Crippen LogP contribution in [0.4, 0.5) is 5.69 Å². The Bertz CT molecular complexity index is 371. The first-order chi connectivity index (χ1) is 6.29. The first-order valence-corrected chi connectivity index (χ1v) is 4.16. The van der Waals surface area contributed by atoms with E-state index in [1.807, 2.05) is 18.2 Å². The standard InChI is InChI=1S/C10H10N2O/c1-12-7-6-11-9-5-3-2-4-8(9)10(12)13/h2-6H,7H2,1H3. The molecule has 1 amide bonds. The van der Waals surface area contributed by atoms with Crippen molar-refractivity contribution in [2.24, 2.45) is 4.99 Å². The molecule has 66 valence electrons. The highest BCUT2D eigenvalue weighted by atomic mass is 16.2. The van der Waals surface area contributed by atoms with Crippen molar-refractivity contribution >= 4 is 17.8 Å². The summed E-state index contributed by atoms with van der Waals surface area (Å²) in [5, 5.41) is 0. The molecule has 0 atom stereocenters. The molecule has 1 aliphatic rings. The van der Waals surface area contributed by atoms with E-state index in [9.17, 15) is 4.79 Å². The molecule has 1 aromatic rings. The Balaban J connectivity index is 2.55. The van der Waals surface area contributed by atoms with Crippen LogP contribution in [0.15, 0.2) is 29.3 Å². The fourth-order valence-corrected chi connectivity index (χ4v) is 1.32. The molecule has 13 heavy (non-hydrogen) atoms. The number of hydrogen-bond donors (Lipinski definition) is 0. The lowest BCUT2D eigenvalue weighted by molar-refractivity contribution is 0.0818. The molecule has 1 aliphatic heterocycles. The average Bonchev–Trinajstić information content (AvgIpc) is 2.29. The second-order valence-corrected chi connectivity index (χ2v) is 3.01. The van der Waals surface area contributed by atoms with E-state index in [0.717, 1.165) is 5.69 Å². The zero-order chi connectivity index (χ0) is 9.26. The van der Waals surface area contributed by atoms with E-state index < -0.39 is 0 Å². The Morgan fingerprint density at radius 1 is 1.38 bits per heavy atom. The maximum atomic E-state index is 11.7. The predicted molar refractivity (Wildman–Crippen MR) is 51.6 cm³/mol. The van der Waals surface area contributed by atoms with Gasteiger partial charge in [0.25, 0.3) is 5.91 Å². The van der Waals surface area contributed by atoms with Gasteiger partial charge in [-0.15, -0.1) is 0 Å². The van der Waals surface area contributed by atoms with Crippen molar-refractivity contribution in [1.82, 2.24) is 4.90 Å². The van der Waals surface area contributed by atoms with Crippen molar-refractivity contribution < 1.29 is 4.79 Å². The van der Waals surface area contributed by atoms with Crippen LogP contribution in [0, 0.1) is 0 Å². The molecule has 2 rings (SSSR count). The number of benzene rings is 1. The van der Waals surface area contributed by atoms with Crippen LogP contribution in [0.5, 0.6) is 0 Å². The summed E-state index contributed by atoms with van der Waals surface area (Å²) in [4.78, 5) is 17.5. The molecular formula is C10H10N2O. The topological polar surface area (TPSA) is 32.7 Å². The molecule has 1 aromatic carbocycles. The van der Waals surface area contributed by atoms with E-state index in [-0.39, 0.29) is 5.91 Å². The molecule has 1 heterocycles. The van der Waals surface area contributed by atoms with Gasteiger partial charge in [0.1, 0.15) is 0 Å². The third kappa shape index (κ3) is 1.33. The minimum Gasteiger partial charge on any atom is -0.336 e. The van der Waals surface area contributed by atoms with Crippen molar-refractivity contribution in [1.29, 1.82) is 0 Å². The number of nitrogens with zero attached hydrogens (tertiary/aromatic N) is 2. The third-order valence-corrected chi connectivity index (χ3v) is 2.07. The maximum absolute atomic E-state index is 11.7. The largest absolute Gasteiger partial charge is 0.336 e. The monoisotopic (exact) mass is 174 g/mol. The van der Waals surface area contributed by atoms with Gasteiger partial charge >= 0.3 is 0 Å². The van der Waals surface area contributed by atoms with Gasteiger partial charge in [0.2, 0.25) is 0 Å². The number of amides is 1. The highest BCUT2D eigenvalue weighted by Crippen LogP contribution is 2.21. The van der Waals surface area contributed by atoms with Gasteiger partial charge in [-0.25, -0.2) is 0 Å². The molecular weight excluding hydrogens is 164 g/mol. The molecule has 0 saturated heterocycles. The van der Waals surface area contributed by atoms with E-state index in [4.69, 9.17) is 0 Å². The van der Waals surface area contributed by atoms with E-state index in [1.54, 1.807) is 24.2 Å². The Morgan fingerprint density at radius 2 is 2.15 bits per heavy atom. The van der Waals surface area contributed by atoms with Crippen LogP contribution in [0.25, 0.3) is 0 Å². The number of para-hydroxylation sites is 1. The first-order valence-electron chi connectivity index (χ1n) is 4.16. The smallest absolute Gasteiger partial charge is 0.256 e. The van der Waals surface area contributed by atoms with Crippen LogP contribution in [0.3, 0.4) is 0 Å². The minimum atomic E-state index is 0.0353. The number of rotatable bonds is 0. The highest BCUT2D eigenvalue weighted by molar-refractivity contribution is 6.01. The van der Waals surface area contributed by atoms with Gasteiger partial charge in [0.15, 0.2) is 0 Å². The van der Waals surface area contributed by atoms with E-state index in [0.29, 0.717) is 12.1 Å². The van der Waals surface area contributed by atoms with Crippen molar-refractivity contribution in [3.05, 3.63) is 29.8 Å². The van der Waals surface area contributed by atoms with Crippen LogP contribution < -0.4 is 0 Å². The Morgan fingerprint density at radius 3 is 3.00 bits per heavy atom. The summed E-state index contributed by atoms with van der Waals surface area (Å²) in [6.07, 6.45) is 1.75. The second-order valence-electron chi connectivity index (χ2n) is 3.01. The maximum Gasteiger partial charge on any atom is 0.256 e. The van der Waals surface area contributed by atoms with Gasteiger partial charge in [-0.05, 0) is 12.1 Å². The van der Waals surface area contributed by atoms with Crippen molar-refractivity contribution in [2.75, 3.05) is 13.6 Å². The van der Waals surface area contributed by atoms with E-state index in [2.05, 4.69) is 4.99 Å². The summed E-state index contributed by atoms with van der Waals surface area (Å²) in [6.45, 7) is 0.577. The Kier molecular flexibility index (Phi) is 1.85. The highest BCUT2D eigenvalue weighted by Gasteiger charge is 2.16. The Labute approximate surface area is 76.7 Å². The Hall–Kier alpha value is -1.64. The first kappa shape index (κ1) is 7.98. The minimum absolute atomic E-state index is 0.0353.